The minimum Gasteiger partial charge on any atom is -0.508 e. The first-order valence-corrected chi connectivity index (χ1v) is 15.9. The van der Waals surface area contributed by atoms with E-state index in [4.69, 9.17) is 20.4 Å². The number of terminal acetylenes is 2. The molecule has 2 aromatic carbocycles. The molecule has 0 saturated carbocycles. The van der Waals surface area contributed by atoms with Crippen molar-refractivity contribution in [1.82, 2.24) is 14.5 Å². The molecule has 1 amide bonds. The summed E-state index contributed by atoms with van der Waals surface area (Å²) in [5.41, 5.74) is 16.8. The first-order chi connectivity index (χ1) is 21.9. The van der Waals surface area contributed by atoms with Crippen LogP contribution in [-0.2, 0) is 27.9 Å². The Labute approximate surface area is 274 Å². The predicted molar refractivity (Wildman–Crippen MR) is 190 cm³/mol. The van der Waals surface area contributed by atoms with Crippen molar-refractivity contribution in [2.45, 2.75) is 92.0 Å². The molecule has 8 heteroatoms. The van der Waals surface area contributed by atoms with Crippen molar-refractivity contribution in [2.24, 2.45) is 11.7 Å². The molecule has 0 fully saturated rings. The van der Waals surface area contributed by atoms with Crippen LogP contribution in [0.1, 0.15) is 89.2 Å². The van der Waals surface area contributed by atoms with Crippen molar-refractivity contribution >= 4 is 33.7 Å². The van der Waals surface area contributed by atoms with Gasteiger partial charge in [-0.2, -0.15) is 0 Å². The van der Waals surface area contributed by atoms with E-state index in [0.717, 1.165) is 90.1 Å². The summed E-state index contributed by atoms with van der Waals surface area (Å²) in [5.74, 6) is 3.48. The van der Waals surface area contributed by atoms with Gasteiger partial charge in [-0.1, -0.05) is 65.3 Å². The van der Waals surface area contributed by atoms with Gasteiger partial charge in [-0.15, -0.1) is 19.3 Å². The second kappa shape index (κ2) is 17.8. The highest BCUT2D eigenvalue weighted by atomic mass is 16.5. The van der Waals surface area contributed by atoms with Gasteiger partial charge in [0.1, 0.15) is 17.1 Å². The Bertz CT molecular complexity index is 1660. The summed E-state index contributed by atoms with van der Waals surface area (Å²) in [6, 6.07) is 12.4. The second-order valence-corrected chi connectivity index (χ2v) is 12.6. The summed E-state index contributed by atoms with van der Waals surface area (Å²) in [7, 11) is 0. The third-order valence-corrected chi connectivity index (χ3v) is 8.00. The fourth-order valence-corrected chi connectivity index (χ4v) is 5.24. The predicted octanol–water partition coefficient (Wildman–Crippen LogP) is 7.05. The zero-order valence-electron chi connectivity index (χ0n) is 28.4. The third-order valence-electron chi connectivity index (χ3n) is 8.00. The van der Waals surface area contributed by atoms with Gasteiger partial charge < -0.3 is 25.9 Å². The number of hydrogen-bond donors (Lipinski definition) is 3. The van der Waals surface area contributed by atoms with E-state index < -0.39 is 5.91 Å². The molecule has 4 aromatic rings. The highest BCUT2D eigenvalue weighted by molar-refractivity contribution is 6.06. The van der Waals surface area contributed by atoms with Crippen LogP contribution in [0.5, 0.6) is 5.75 Å². The number of anilines is 1. The van der Waals surface area contributed by atoms with Gasteiger partial charge in [0, 0.05) is 31.6 Å². The Kier molecular flexibility index (Phi) is 14.6. The van der Waals surface area contributed by atoms with E-state index in [1.54, 1.807) is 12.0 Å². The molecule has 5 N–H and O–H groups in total. The molecule has 2 heterocycles. The molecule has 0 spiro atoms. The van der Waals surface area contributed by atoms with Crippen LogP contribution < -0.4 is 11.5 Å². The number of ether oxygens (including phenoxy) is 1. The highest BCUT2D eigenvalue weighted by Crippen LogP contribution is 2.34. The van der Waals surface area contributed by atoms with Crippen molar-refractivity contribution in [1.29, 1.82) is 0 Å². The third kappa shape index (κ3) is 10.3. The molecule has 0 aliphatic rings. The minimum absolute atomic E-state index is 0.0479. The summed E-state index contributed by atoms with van der Waals surface area (Å²) >= 11 is 0. The second-order valence-electron chi connectivity index (χ2n) is 12.6. The van der Waals surface area contributed by atoms with Gasteiger partial charge in [0.05, 0.1) is 11.0 Å². The van der Waals surface area contributed by atoms with Crippen molar-refractivity contribution in [3.05, 3.63) is 58.9 Å². The largest absolute Gasteiger partial charge is 0.508 e. The monoisotopic (exact) mass is 625 g/mol. The number of nitrogens with two attached hydrogens (primary N) is 2. The molecule has 4 rings (SSSR count). The number of aromatic nitrogens is 3. The van der Waals surface area contributed by atoms with Gasteiger partial charge in [0.25, 0.3) is 5.91 Å². The van der Waals surface area contributed by atoms with Gasteiger partial charge in [0.15, 0.2) is 5.82 Å². The maximum absolute atomic E-state index is 10.0. The molecule has 0 radical (unpaired) electrons. The van der Waals surface area contributed by atoms with Crippen molar-refractivity contribution in [2.75, 3.05) is 18.9 Å². The molecule has 8 nitrogen and oxygen atoms in total. The van der Waals surface area contributed by atoms with Crippen LogP contribution in [0.4, 0.5) is 5.82 Å². The van der Waals surface area contributed by atoms with E-state index in [2.05, 4.69) is 82.4 Å². The summed E-state index contributed by atoms with van der Waals surface area (Å²) in [6.45, 7) is 15.4. The van der Waals surface area contributed by atoms with Crippen LogP contribution in [0, 0.1) is 38.0 Å². The number of carbonyl (C=O) groups is 1. The number of fused-ring (bicyclic) bond motifs is 3. The number of pyridine rings is 1. The highest BCUT2D eigenvalue weighted by Gasteiger charge is 2.23. The zero-order chi connectivity index (χ0) is 34.4. The average Bonchev–Trinajstić information content (AvgIpc) is 3.39. The van der Waals surface area contributed by atoms with E-state index in [-0.39, 0.29) is 5.41 Å². The van der Waals surface area contributed by atoms with Gasteiger partial charge in [-0.05, 0) is 78.7 Å². The molecule has 0 saturated heterocycles. The lowest BCUT2D eigenvalue weighted by molar-refractivity contribution is -0.112. The topological polar surface area (TPSA) is 129 Å². The molecular formula is C38H51N5O3. The molecule has 0 aliphatic heterocycles. The Morgan fingerprint density at radius 1 is 1.11 bits per heavy atom. The number of aromatic hydroxyl groups is 1. The number of imidazole rings is 1. The van der Waals surface area contributed by atoms with Crippen LogP contribution in [0.2, 0.25) is 0 Å². The van der Waals surface area contributed by atoms with Gasteiger partial charge >= 0.3 is 0 Å². The lowest BCUT2D eigenvalue weighted by Crippen LogP contribution is -2.20. The smallest absolute Gasteiger partial charge is 0.293 e. The Morgan fingerprint density at radius 3 is 2.41 bits per heavy atom. The minimum atomic E-state index is -0.718. The molecule has 2 aromatic heterocycles. The van der Waals surface area contributed by atoms with Crippen LogP contribution in [-0.4, -0.2) is 38.8 Å². The number of phenols is 1. The Hall–Kier alpha value is -4.53. The number of aryl methyl sites for hydroxylation is 2. The van der Waals surface area contributed by atoms with Crippen LogP contribution in [0.25, 0.3) is 21.9 Å². The van der Waals surface area contributed by atoms with Gasteiger partial charge in [-0.3, -0.25) is 4.79 Å². The number of amides is 1. The normalized spacial score (nSPS) is 11.0. The summed E-state index contributed by atoms with van der Waals surface area (Å²) < 4.78 is 8.26. The fourth-order valence-electron chi connectivity index (χ4n) is 5.24. The number of phenolic OH excluding ortho intramolecular Hbond substituents is 1. The number of carbonyl (C=O) groups excluding carboxylic acids is 1. The lowest BCUT2D eigenvalue weighted by Gasteiger charge is -2.25. The van der Waals surface area contributed by atoms with E-state index in [1.165, 1.54) is 12.0 Å². The van der Waals surface area contributed by atoms with E-state index in [1.807, 2.05) is 19.1 Å². The number of hydrogen-bond acceptors (Lipinski definition) is 6. The molecule has 0 bridgehead atoms. The zero-order valence-corrected chi connectivity index (χ0v) is 28.4. The van der Waals surface area contributed by atoms with E-state index >= 15 is 0 Å². The number of nitrogens with zero attached hydrogens (tertiary/aromatic N) is 3. The number of nitrogen functional groups attached to an aromatic ring is 1. The maximum atomic E-state index is 10.0. The van der Waals surface area contributed by atoms with Crippen LogP contribution >= 0.6 is 0 Å². The molecule has 0 atom stereocenters. The quantitative estimate of drug-likeness (QED) is 0.108. The molecule has 0 aliphatic carbocycles. The SMILES string of the molecule is C#C.C#CC(N)=O.CCCCc1nc2c(N)nc3cc(C(C)(C)CCOCCCC(C)C)ccc3c2n1Cc1ccc(O)c(C)c1. The van der Waals surface area contributed by atoms with Crippen molar-refractivity contribution < 1.29 is 14.6 Å². The molecular weight excluding hydrogens is 574 g/mol. The van der Waals surface area contributed by atoms with Gasteiger partial charge in [0.2, 0.25) is 0 Å². The molecule has 46 heavy (non-hydrogen) atoms. The van der Waals surface area contributed by atoms with Crippen molar-refractivity contribution in [3.63, 3.8) is 0 Å². The van der Waals surface area contributed by atoms with Crippen LogP contribution in [0.3, 0.4) is 0 Å². The summed E-state index contributed by atoms with van der Waals surface area (Å²) in [4.78, 5) is 19.2. The summed E-state index contributed by atoms with van der Waals surface area (Å²) in [6.07, 6.45) is 18.7. The standard InChI is InChI=1S/C33H46N4O2.C3H3NO.C2H2/c1-7-8-11-29-36-30-31(37(29)21-24-12-15-28(38)23(4)19-24)26-14-13-25(20-27(26)35-32(30)34)33(5,6)16-18-39-17-9-10-22(2)3;1-2-3(4)5;1-2/h12-15,19-20,22,38H,7-11,16-18,21H2,1-6H3,(H2,34,35);1H,(H2,4,5);1-2H. The van der Waals surface area contributed by atoms with Crippen LogP contribution in [0.15, 0.2) is 36.4 Å². The van der Waals surface area contributed by atoms with E-state index in [9.17, 15) is 9.90 Å². The van der Waals surface area contributed by atoms with Gasteiger partial charge in [-0.25, -0.2) is 9.97 Å². The Balaban J connectivity index is 0.000000959. The number of unbranched alkanes of at least 4 members (excludes halogenated alkanes) is 1. The average molecular weight is 626 g/mol. The lowest BCUT2D eigenvalue weighted by atomic mass is 9.81. The van der Waals surface area contributed by atoms with E-state index in [0.29, 0.717) is 18.1 Å². The summed E-state index contributed by atoms with van der Waals surface area (Å²) in [5, 5.41) is 11.1. The Morgan fingerprint density at radius 2 is 1.80 bits per heavy atom. The number of benzene rings is 2. The first-order valence-electron chi connectivity index (χ1n) is 15.9. The first kappa shape index (κ1) is 37.7. The fraction of sp³-hybridized carbons (Fsp3) is 0.447. The molecule has 246 valence electrons. The number of primary amides is 1. The maximum Gasteiger partial charge on any atom is 0.293 e. The van der Waals surface area contributed by atoms with Crippen molar-refractivity contribution in [3.8, 4) is 30.9 Å². The molecule has 0 unspecified atom stereocenters. The number of rotatable bonds is 13.